The van der Waals surface area contributed by atoms with Crippen LogP contribution in [0.15, 0.2) is 97.3 Å². The third-order valence-corrected chi connectivity index (χ3v) is 19.5. The van der Waals surface area contributed by atoms with Gasteiger partial charge < -0.3 is 91.5 Å². The number of likely N-dealkylation sites (N-methyl/N-ethyl adjacent to an activating group) is 3. The van der Waals surface area contributed by atoms with Gasteiger partial charge in [-0.05, 0) is 175 Å². The minimum atomic E-state index is -1.53. The number of piperazine rings is 3. The standard InChI is InChI=1S/C27H40N6O3.C23H39N3O3.C18H29N3O.C9H11N3O3.CH4/c1-5-21-16-22(18-29-25(21)28)31-27(35)26(34)30-17-19(2)24(36-4)11-8-20-6-9-23(10-7-20)33-14-12-32(3)13-15-33;1-18(17-24-22(27)29-23(2,3)4)21(28-6)12-9-19-7-10-20(11-8-19)26-15-13-25(5)14-16-26;1-14-13-19-17(12-18(14)22-3)15-4-6-16(7-5-15)21-10-8-20(2)9-11-21;1-2-5-6(3-4-11-7(5)10)12-8(13)9(14)15;/h6-7,9-10,16,18-19,24H,5,8,11-15,17H2,1-4H3,(H2,28,29)(H,30,34)(H,31,35);7-8,10-11,18,21H,9,12-17H2,1-6H3,(H,24,27);4-7,14,17-19H,8-13H2,1-3H3;3-4H,2H2,1H3,(H,14,15)(H3,10,11,12,13);1H4/t19-,24?;18-,21?;14-,17-,18?;;/m111../s1. The minimum absolute atomic E-state index is 0. The van der Waals surface area contributed by atoms with Crippen LogP contribution in [0.3, 0.4) is 0 Å². The van der Waals surface area contributed by atoms with E-state index < -0.39 is 29.3 Å². The second-order valence-corrected chi connectivity index (χ2v) is 28.3. The van der Waals surface area contributed by atoms with Crippen LogP contribution in [0.25, 0.3) is 0 Å². The molecule has 570 valence electrons. The summed E-state index contributed by atoms with van der Waals surface area (Å²) in [5.41, 5.74) is 21.1. The molecule has 10 N–H and O–H groups in total. The fourth-order valence-electron chi connectivity index (χ4n) is 12.7. The molecular weight excluding hydrogens is 1310 g/mol. The summed E-state index contributed by atoms with van der Waals surface area (Å²) in [6.07, 6.45) is 8.77. The van der Waals surface area contributed by atoms with Crippen LogP contribution in [-0.4, -0.2) is 224 Å². The second-order valence-electron chi connectivity index (χ2n) is 28.3. The molecule has 0 spiro atoms. The lowest BCUT2D eigenvalue weighted by molar-refractivity contribution is -0.147. The molecule has 4 amide bonds. The Labute approximate surface area is 613 Å². The van der Waals surface area contributed by atoms with Crippen LogP contribution >= 0.6 is 0 Å². The summed E-state index contributed by atoms with van der Waals surface area (Å²) >= 11 is 0. The fourth-order valence-corrected chi connectivity index (χ4v) is 12.7. The average molecular weight is 1430 g/mol. The average Bonchev–Trinajstić information content (AvgIpc) is 0.825. The summed E-state index contributed by atoms with van der Waals surface area (Å²) in [7, 11) is 11.8. The molecule has 6 heterocycles. The number of amides is 4. The third kappa shape index (κ3) is 28.4. The van der Waals surface area contributed by atoms with E-state index in [2.05, 4.69) is 174 Å². The Morgan fingerprint density at radius 1 is 0.621 bits per heavy atom. The quantitative estimate of drug-likeness (QED) is 0.0283. The number of hydrogen-bond acceptors (Lipinski definition) is 20. The lowest BCUT2D eigenvalue weighted by Crippen LogP contribution is -2.44. The van der Waals surface area contributed by atoms with Crippen LogP contribution in [0, 0.1) is 17.8 Å². The third-order valence-electron chi connectivity index (χ3n) is 19.5. The normalized spacial score (nSPS) is 18.4. The van der Waals surface area contributed by atoms with Crippen LogP contribution in [0.5, 0.6) is 0 Å². The molecule has 5 aromatic rings. The van der Waals surface area contributed by atoms with E-state index in [9.17, 15) is 24.0 Å². The van der Waals surface area contributed by atoms with Crippen molar-refractivity contribution >= 4 is 69.9 Å². The molecule has 0 radical (unpaired) electrons. The molecule has 103 heavy (non-hydrogen) atoms. The molecular formula is C78H123N15O10. The summed E-state index contributed by atoms with van der Waals surface area (Å²) in [6, 6.07) is 30.5. The molecule has 0 saturated carbocycles. The number of carboxylic acids is 1. The molecule has 9 rings (SSSR count). The van der Waals surface area contributed by atoms with Gasteiger partial charge in [0.2, 0.25) is 0 Å². The van der Waals surface area contributed by atoms with E-state index >= 15 is 0 Å². The molecule has 4 fully saturated rings. The number of alkyl carbamates (subject to hydrolysis) is 1. The Morgan fingerprint density at radius 3 is 1.51 bits per heavy atom. The monoisotopic (exact) mass is 1430 g/mol. The largest absolute Gasteiger partial charge is 0.474 e. The van der Waals surface area contributed by atoms with Crippen molar-refractivity contribution in [2.24, 2.45) is 17.8 Å². The summed E-state index contributed by atoms with van der Waals surface area (Å²) < 4.78 is 22.3. The highest BCUT2D eigenvalue weighted by Crippen LogP contribution is 2.30. The van der Waals surface area contributed by atoms with Crippen LogP contribution < -0.4 is 52.8 Å². The number of ether oxygens (including phenoxy) is 4. The van der Waals surface area contributed by atoms with Gasteiger partial charge in [0.25, 0.3) is 0 Å². The first-order valence-electron chi connectivity index (χ1n) is 36.2. The number of carboxylic acid groups (broad SMARTS) is 1. The van der Waals surface area contributed by atoms with Gasteiger partial charge in [-0.1, -0.05) is 78.4 Å². The van der Waals surface area contributed by atoms with Gasteiger partial charge in [0.05, 0.1) is 30.2 Å². The van der Waals surface area contributed by atoms with E-state index in [0.717, 1.165) is 123 Å². The molecule has 25 nitrogen and oxygen atoms in total. The van der Waals surface area contributed by atoms with Crippen molar-refractivity contribution < 1.29 is 48.0 Å². The Kier molecular flexibility index (Phi) is 35.8. The van der Waals surface area contributed by atoms with Crippen molar-refractivity contribution in [1.29, 1.82) is 0 Å². The number of hydrogen-bond donors (Lipinski definition) is 8. The summed E-state index contributed by atoms with van der Waals surface area (Å²) in [6.45, 7) is 30.9. The van der Waals surface area contributed by atoms with E-state index in [1.807, 2.05) is 48.7 Å². The number of rotatable bonds is 23. The number of carbonyl (C=O) groups excluding carboxylic acids is 4. The molecule has 4 aliphatic heterocycles. The number of pyridine rings is 2. The molecule has 3 aromatic carbocycles. The molecule has 0 bridgehead atoms. The summed E-state index contributed by atoms with van der Waals surface area (Å²) in [5.74, 6) is -2.49. The predicted octanol–water partition coefficient (Wildman–Crippen LogP) is 8.87. The van der Waals surface area contributed by atoms with Gasteiger partial charge in [0, 0.05) is 160 Å². The number of nitrogens with zero attached hydrogens (tertiary/aromatic N) is 8. The van der Waals surface area contributed by atoms with Gasteiger partial charge in [-0.3, -0.25) is 14.4 Å². The van der Waals surface area contributed by atoms with Gasteiger partial charge >= 0.3 is 29.8 Å². The first-order chi connectivity index (χ1) is 48.7. The predicted molar refractivity (Wildman–Crippen MR) is 415 cm³/mol. The molecule has 4 saturated heterocycles. The number of benzene rings is 3. The van der Waals surface area contributed by atoms with Gasteiger partial charge in [-0.15, -0.1) is 0 Å². The van der Waals surface area contributed by atoms with Crippen LogP contribution in [0.1, 0.15) is 116 Å². The number of nitrogens with one attached hydrogen (secondary N) is 5. The Balaban J connectivity index is 0.000000257. The van der Waals surface area contributed by atoms with E-state index in [1.165, 1.54) is 52.2 Å². The van der Waals surface area contributed by atoms with E-state index in [4.69, 9.17) is 35.5 Å². The number of anilines is 7. The number of carbonyl (C=O) groups is 5. The number of nitrogen functional groups attached to an aromatic ring is 2. The smallest absolute Gasteiger partial charge is 0.407 e. The lowest BCUT2D eigenvalue weighted by Gasteiger charge is -2.36. The van der Waals surface area contributed by atoms with Crippen molar-refractivity contribution in [1.82, 2.24) is 40.6 Å². The maximum atomic E-state index is 12.3. The van der Waals surface area contributed by atoms with Crippen molar-refractivity contribution in [3.8, 4) is 0 Å². The Morgan fingerprint density at radius 2 is 1.09 bits per heavy atom. The molecule has 0 aliphatic carbocycles. The molecule has 4 aliphatic rings. The Bertz CT molecular complexity index is 3350. The number of aryl methyl sites for hydroxylation is 3. The van der Waals surface area contributed by atoms with Crippen LogP contribution in [0.4, 0.5) is 44.9 Å². The molecule has 2 aromatic heterocycles. The topological polar surface area (TPSA) is 300 Å². The van der Waals surface area contributed by atoms with Gasteiger partial charge in [-0.2, -0.15) is 0 Å². The zero-order chi connectivity index (χ0) is 74.5. The number of piperidine rings is 1. The van der Waals surface area contributed by atoms with Crippen LogP contribution in [-0.2, 0) is 63.8 Å². The number of nitrogens with two attached hydrogens (primary N) is 2. The van der Waals surface area contributed by atoms with Crippen molar-refractivity contribution in [2.45, 2.75) is 138 Å². The highest BCUT2D eigenvalue weighted by molar-refractivity contribution is 6.39. The molecule has 25 heteroatoms. The SMILES string of the molecule is C.CCc1c(NC(=O)C(=O)O)ccnc1N.CCc1cc(NC(=O)C(=O)NC[C@@H](C)C(CCc2ccc(N3CCN(C)CC3)cc2)OC)cnc1N.COC(CCc1ccc(N2CCN(C)CC2)cc1)[C@H](C)CNC(=O)OC(C)(C)C.COC1C[C@H](c2ccc(N3CCN(C)CC3)cc2)NC[C@H]1C. The van der Waals surface area contributed by atoms with Crippen LogP contribution in [0.2, 0.25) is 0 Å². The van der Waals surface area contributed by atoms with Crippen molar-refractivity contribution in [3.05, 3.63) is 125 Å². The number of aliphatic carboxylic acids is 1. The Hall–Kier alpha value is -8.17. The lowest BCUT2D eigenvalue weighted by atomic mass is 9.89. The van der Waals surface area contributed by atoms with Gasteiger partial charge in [0.15, 0.2) is 0 Å². The maximum Gasteiger partial charge on any atom is 0.407 e. The first-order valence-corrected chi connectivity index (χ1v) is 36.2. The molecule has 7 atom stereocenters. The van der Waals surface area contributed by atoms with Crippen molar-refractivity contribution in [2.75, 3.05) is 177 Å². The summed E-state index contributed by atoms with van der Waals surface area (Å²) in [4.78, 5) is 80.1. The van der Waals surface area contributed by atoms with Crippen molar-refractivity contribution in [3.63, 3.8) is 0 Å². The summed E-state index contributed by atoms with van der Waals surface area (Å²) in [5, 5.41) is 22.5. The van der Waals surface area contributed by atoms with E-state index in [1.54, 1.807) is 20.3 Å². The van der Waals surface area contributed by atoms with E-state index in [-0.39, 0.29) is 37.6 Å². The second kappa shape index (κ2) is 43.2. The number of methoxy groups -OCH3 is 3. The first kappa shape index (κ1) is 85.5. The minimum Gasteiger partial charge on any atom is -0.474 e. The zero-order valence-electron chi connectivity index (χ0n) is 63.2. The highest BCUT2D eigenvalue weighted by Gasteiger charge is 2.29. The highest BCUT2D eigenvalue weighted by atomic mass is 16.6. The van der Waals surface area contributed by atoms with E-state index in [0.29, 0.717) is 72.6 Å². The maximum absolute atomic E-state index is 12.3. The molecule has 3 unspecified atom stereocenters. The van der Waals surface area contributed by atoms with Gasteiger partial charge in [0.1, 0.15) is 17.2 Å². The van der Waals surface area contributed by atoms with Gasteiger partial charge in [-0.25, -0.2) is 19.6 Å². The zero-order valence-corrected chi connectivity index (χ0v) is 63.2. The number of aromatic nitrogens is 2. The fraction of sp³-hybridized carbons (Fsp3) is 0.577.